The van der Waals surface area contributed by atoms with Crippen LogP contribution in [0.5, 0.6) is 0 Å². The summed E-state index contributed by atoms with van der Waals surface area (Å²) in [7, 11) is 1.77. The number of aliphatic hydroxyl groups is 1. The van der Waals surface area contributed by atoms with Crippen molar-refractivity contribution in [2.24, 2.45) is 0 Å². The van der Waals surface area contributed by atoms with Gasteiger partial charge in [0.2, 0.25) is 0 Å². The molecule has 4 aromatic carbocycles. The summed E-state index contributed by atoms with van der Waals surface area (Å²) in [6.45, 7) is 7.32. The first-order chi connectivity index (χ1) is 17.1. The first kappa shape index (κ1) is 23.9. The fraction of sp³-hybridized carbons (Fsp3) is 0.226. The number of benzene rings is 4. The van der Waals surface area contributed by atoms with Crippen LogP contribution in [0, 0.1) is 0 Å². The molecule has 1 spiro atoms. The van der Waals surface area contributed by atoms with E-state index in [9.17, 15) is 5.11 Å². The summed E-state index contributed by atoms with van der Waals surface area (Å²) < 4.78 is 6.23. The van der Waals surface area contributed by atoms with Crippen molar-refractivity contribution in [1.29, 1.82) is 0 Å². The fourth-order valence-corrected chi connectivity index (χ4v) is 6.86. The van der Waals surface area contributed by atoms with E-state index in [0.717, 1.165) is 15.9 Å². The van der Waals surface area contributed by atoms with Crippen molar-refractivity contribution in [3.8, 4) is 11.1 Å². The lowest BCUT2D eigenvalue weighted by molar-refractivity contribution is -0.0893. The van der Waals surface area contributed by atoms with Crippen molar-refractivity contribution < 1.29 is 9.76 Å². The van der Waals surface area contributed by atoms with Crippen LogP contribution in [-0.2, 0) is 10.1 Å². The number of hydrogen-bond donors (Lipinski definition) is 1. The molecule has 2 nitrogen and oxygen atoms in total. The smallest absolute Gasteiger partial charge is 0.332 e. The Hall–Kier alpha value is -2.50. The van der Waals surface area contributed by atoms with E-state index in [1.807, 2.05) is 19.9 Å². The minimum atomic E-state index is -1.02. The highest BCUT2D eigenvalue weighted by Crippen LogP contribution is 2.61. The van der Waals surface area contributed by atoms with Gasteiger partial charge in [-0.05, 0) is 84.7 Å². The Kier molecular flexibility index (Phi) is 5.48. The first-order valence-electron chi connectivity index (χ1n) is 12.2. The number of halogens is 1. The molecule has 2 aliphatic rings. The number of rotatable bonds is 4. The summed E-state index contributed by atoms with van der Waals surface area (Å²) in [5, 5.41) is 11.3. The van der Waals surface area contributed by atoms with E-state index in [4.69, 9.17) is 16.3 Å². The van der Waals surface area contributed by atoms with Gasteiger partial charge >= 0.3 is 7.48 Å². The van der Waals surface area contributed by atoms with Crippen molar-refractivity contribution in [2.45, 2.75) is 54.1 Å². The normalized spacial score (nSPS) is 15.2. The van der Waals surface area contributed by atoms with Gasteiger partial charge < -0.3 is 9.76 Å². The highest BCUT2D eigenvalue weighted by atomic mass is 35.5. The lowest BCUT2D eigenvalue weighted by atomic mass is 9.66. The molecule has 0 fully saturated rings. The second-order valence-corrected chi connectivity index (χ2v) is 12.1. The lowest BCUT2D eigenvalue weighted by Gasteiger charge is -2.41. The summed E-state index contributed by atoms with van der Waals surface area (Å²) >= 11 is 8.58. The van der Waals surface area contributed by atoms with Crippen LogP contribution in [0.1, 0.15) is 49.9 Å². The summed E-state index contributed by atoms with van der Waals surface area (Å²) in [5.41, 5.74) is 6.10. The molecular weight excluding hydrogens is 483 g/mol. The van der Waals surface area contributed by atoms with Gasteiger partial charge in [0, 0.05) is 14.8 Å². The molecule has 6 rings (SSSR count). The predicted octanol–water partition coefficient (Wildman–Crippen LogP) is 6.98. The number of fused-ring (bicyclic) bond motifs is 9. The van der Waals surface area contributed by atoms with Crippen LogP contribution in [0.4, 0.5) is 0 Å². The summed E-state index contributed by atoms with van der Waals surface area (Å²) in [6.07, 6.45) is 0. The van der Waals surface area contributed by atoms with Gasteiger partial charge in [0.1, 0.15) is 0 Å². The molecular formula is C31H27BClO2S. The average Bonchev–Trinajstić information content (AvgIpc) is 3.14. The van der Waals surface area contributed by atoms with Gasteiger partial charge in [0.05, 0.1) is 16.6 Å². The molecule has 0 saturated carbocycles. The van der Waals surface area contributed by atoms with Gasteiger partial charge in [-0.2, -0.15) is 0 Å². The van der Waals surface area contributed by atoms with Crippen LogP contribution in [0.25, 0.3) is 11.1 Å². The molecule has 4 aromatic rings. The molecule has 1 aliphatic heterocycles. The Bertz CT molecular complexity index is 1460. The lowest BCUT2D eigenvalue weighted by Crippen LogP contribution is -2.49. The Morgan fingerprint density at radius 2 is 1.33 bits per heavy atom. The molecule has 1 heterocycles. The minimum absolute atomic E-state index is 0.483. The van der Waals surface area contributed by atoms with Crippen molar-refractivity contribution in [2.75, 3.05) is 0 Å². The molecule has 179 valence electrons. The molecule has 0 bridgehead atoms. The molecule has 0 aromatic heterocycles. The molecule has 1 radical (unpaired) electrons. The number of hydrogen-bond acceptors (Lipinski definition) is 3. The van der Waals surface area contributed by atoms with E-state index in [2.05, 4.69) is 78.9 Å². The van der Waals surface area contributed by atoms with Gasteiger partial charge in [-0.3, -0.25) is 0 Å². The topological polar surface area (TPSA) is 29.5 Å². The van der Waals surface area contributed by atoms with Gasteiger partial charge in [-0.25, -0.2) is 0 Å². The van der Waals surface area contributed by atoms with Crippen LogP contribution in [0.3, 0.4) is 0 Å². The Labute approximate surface area is 223 Å². The maximum absolute atomic E-state index is 10.7. The standard InChI is InChI=1S/C31H27BClO2S/c1-29(2,34)30(3,4)35-32-26-18-19(33)17-25-28(26)36-27-16-10-9-15-24(27)31(25)22-13-7-5-11-20(22)21-12-6-8-14-23(21)31/h5-18,34H,1-4H3. The summed E-state index contributed by atoms with van der Waals surface area (Å²) in [6, 6.07) is 30.2. The Morgan fingerprint density at radius 1 is 0.778 bits per heavy atom. The monoisotopic (exact) mass is 509 g/mol. The molecule has 5 heteroatoms. The van der Waals surface area contributed by atoms with Crippen LogP contribution in [-0.4, -0.2) is 23.8 Å². The SMILES string of the molecule is CC(C)(O)C(C)(C)O[B]c1cc(Cl)cc2c1Sc1ccccc1C21c2ccccc2-c2ccccc21. The highest BCUT2D eigenvalue weighted by molar-refractivity contribution is 7.99. The largest absolute Gasteiger partial charge is 0.427 e. The molecule has 0 amide bonds. The van der Waals surface area contributed by atoms with Crippen molar-refractivity contribution >= 4 is 36.3 Å². The van der Waals surface area contributed by atoms with Crippen LogP contribution in [0.15, 0.2) is 94.7 Å². The average molecular weight is 510 g/mol. The zero-order valence-corrected chi connectivity index (χ0v) is 22.4. The quantitative estimate of drug-likeness (QED) is 0.260. The maximum Gasteiger partial charge on any atom is 0.332 e. The third-order valence-electron chi connectivity index (χ3n) is 7.90. The third kappa shape index (κ3) is 3.35. The second kappa shape index (κ2) is 8.26. The van der Waals surface area contributed by atoms with Gasteiger partial charge in [0.15, 0.2) is 0 Å². The van der Waals surface area contributed by atoms with Gasteiger partial charge in [-0.15, -0.1) is 0 Å². The second-order valence-electron chi connectivity index (χ2n) is 10.6. The minimum Gasteiger partial charge on any atom is -0.427 e. The van der Waals surface area contributed by atoms with E-state index in [1.165, 1.54) is 32.7 Å². The van der Waals surface area contributed by atoms with Crippen molar-refractivity contribution in [3.05, 3.63) is 112 Å². The highest BCUT2D eigenvalue weighted by Gasteiger charge is 2.50. The maximum atomic E-state index is 10.7. The molecule has 0 unspecified atom stereocenters. The zero-order chi connectivity index (χ0) is 25.3. The summed E-state index contributed by atoms with van der Waals surface area (Å²) in [4.78, 5) is 2.34. The van der Waals surface area contributed by atoms with E-state index >= 15 is 0 Å². The van der Waals surface area contributed by atoms with Crippen LogP contribution in [0.2, 0.25) is 5.02 Å². The van der Waals surface area contributed by atoms with Crippen molar-refractivity contribution in [3.63, 3.8) is 0 Å². The predicted molar refractivity (Wildman–Crippen MR) is 150 cm³/mol. The molecule has 0 atom stereocenters. The summed E-state index contributed by atoms with van der Waals surface area (Å²) in [5.74, 6) is 0. The van der Waals surface area contributed by atoms with Gasteiger partial charge in [0.25, 0.3) is 0 Å². The third-order valence-corrected chi connectivity index (χ3v) is 9.35. The van der Waals surface area contributed by atoms with E-state index in [1.54, 1.807) is 33.1 Å². The van der Waals surface area contributed by atoms with Gasteiger partial charge in [-0.1, -0.05) is 90.1 Å². The van der Waals surface area contributed by atoms with Crippen molar-refractivity contribution in [1.82, 2.24) is 0 Å². The molecule has 36 heavy (non-hydrogen) atoms. The Balaban J connectivity index is 1.64. The molecule has 1 N–H and O–H groups in total. The Morgan fingerprint density at radius 3 is 1.94 bits per heavy atom. The van der Waals surface area contributed by atoms with E-state index < -0.39 is 16.6 Å². The van der Waals surface area contributed by atoms with Crippen LogP contribution < -0.4 is 5.46 Å². The van der Waals surface area contributed by atoms with Crippen LogP contribution >= 0.6 is 23.4 Å². The van der Waals surface area contributed by atoms with E-state index in [0.29, 0.717) is 5.02 Å². The molecule has 1 aliphatic carbocycles. The fourth-order valence-electron chi connectivity index (χ4n) is 5.39. The molecule has 0 saturated heterocycles. The van der Waals surface area contributed by atoms with E-state index in [-0.39, 0.29) is 0 Å². The zero-order valence-electron chi connectivity index (χ0n) is 20.8. The first-order valence-corrected chi connectivity index (χ1v) is 13.4.